The third-order valence-corrected chi connectivity index (χ3v) is 3.16. The molecule has 16 heavy (non-hydrogen) atoms. The van der Waals surface area contributed by atoms with Crippen LogP contribution in [0.1, 0.15) is 12.8 Å². The standard InChI is InChI=1S/C11H13N3O2/c12-7-4-6(5-7)9-11(15)14-10-8(16-9)2-1-3-13-10/h1-3,6-7,9H,4-5,12H2,(H,13,14,15). The summed E-state index contributed by atoms with van der Waals surface area (Å²) in [6.07, 6.45) is 2.93. The average molecular weight is 219 g/mol. The van der Waals surface area contributed by atoms with E-state index in [1.165, 1.54) is 0 Å². The summed E-state index contributed by atoms with van der Waals surface area (Å²) in [5.41, 5.74) is 5.72. The Morgan fingerprint density at radius 1 is 1.50 bits per heavy atom. The monoisotopic (exact) mass is 219 g/mol. The Hall–Kier alpha value is -1.62. The summed E-state index contributed by atoms with van der Waals surface area (Å²) in [4.78, 5) is 15.8. The zero-order valence-electron chi connectivity index (χ0n) is 8.72. The van der Waals surface area contributed by atoms with Crippen molar-refractivity contribution in [3.63, 3.8) is 0 Å². The third-order valence-electron chi connectivity index (χ3n) is 3.16. The second-order valence-corrected chi connectivity index (χ2v) is 4.37. The normalized spacial score (nSPS) is 32.1. The van der Waals surface area contributed by atoms with E-state index in [0.29, 0.717) is 11.6 Å². The van der Waals surface area contributed by atoms with Crippen molar-refractivity contribution in [2.45, 2.75) is 25.0 Å². The van der Waals surface area contributed by atoms with Crippen LogP contribution in [-0.2, 0) is 4.79 Å². The molecule has 0 radical (unpaired) electrons. The highest BCUT2D eigenvalue weighted by molar-refractivity contribution is 5.96. The van der Waals surface area contributed by atoms with Gasteiger partial charge in [0.2, 0.25) is 0 Å². The van der Waals surface area contributed by atoms with Crippen LogP contribution >= 0.6 is 0 Å². The largest absolute Gasteiger partial charge is 0.476 e. The summed E-state index contributed by atoms with van der Waals surface area (Å²) >= 11 is 0. The van der Waals surface area contributed by atoms with Crippen molar-refractivity contribution in [2.75, 3.05) is 5.32 Å². The summed E-state index contributed by atoms with van der Waals surface area (Å²) in [5, 5.41) is 2.76. The number of pyridine rings is 1. The van der Waals surface area contributed by atoms with E-state index in [1.54, 1.807) is 12.3 Å². The van der Waals surface area contributed by atoms with Gasteiger partial charge in [0.25, 0.3) is 5.91 Å². The number of nitrogens with two attached hydrogens (primary N) is 1. The molecule has 1 unspecified atom stereocenters. The Morgan fingerprint density at radius 3 is 3.06 bits per heavy atom. The van der Waals surface area contributed by atoms with Gasteiger partial charge in [0.05, 0.1) is 0 Å². The summed E-state index contributed by atoms with van der Waals surface area (Å²) in [5.74, 6) is 1.28. The maximum absolute atomic E-state index is 11.8. The van der Waals surface area contributed by atoms with E-state index in [9.17, 15) is 4.79 Å². The first-order valence-corrected chi connectivity index (χ1v) is 5.42. The molecule has 1 aliphatic heterocycles. The molecular formula is C11H13N3O2. The fourth-order valence-corrected chi connectivity index (χ4v) is 2.22. The number of hydrogen-bond acceptors (Lipinski definition) is 4. The summed E-state index contributed by atoms with van der Waals surface area (Å²) in [7, 11) is 0. The molecule has 0 aromatic carbocycles. The molecule has 1 fully saturated rings. The number of nitrogens with one attached hydrogen (secondary N) is 1. The lowest BCUT2D eigenvalue weighted by Gasteiger charge is -2.39. The van der Waals surface area contributed by atoms with Crippen molar-refractivity contribution >= 4 is 11.7 Å². The molecule has 5 nitrogen and oxygen atoms in total. The average Bonchev–Trinajstić information content (AvgIpc) is 2.24. The second-order valence-electron chi connectivity index (χ2n) is 4.37. The molecule has 0 bridgehead atoms. The molecule has 3 rings (SSSR count). The van der Waals surface area contributed by atoms with E-state index >= 15 is 0 Å². The molecule has 1 saturated carbocycles. The Kier molecular flexibility index (Phi) is 2.07. The highest BCUT2D eigenvalue weighted by atomic mass is 16.5. The lowest BCUT2D eigenvalue weighted by atomic mass is 9.76. The fraction of sp³-hybridized carbons (Fsp3) is 0.455. The molecule has 5 heteroatoms. The van der Waals surface area contributed by atoms with E-state index in [0.717, 1.165) is 12.8 Å². The molecule has 2 aliphatic rings. The number of carbonyl (C=O) groups is 1. The van der Waals surface area contributed by atoms with E-state index in [4.69, 9.17) is 10.5 Å². The van der Waals surface area contributed by atoms with Crippen molar-refractivity contribution in [3.05, 3.63) is 18.3 Å². The molecule has 84 valence electrons. The first-order chi connectivity index (χ1) is 7.74. The molecular weight excluding hydrogens is 206 g/mol. The molecule has 0 spiro atoms. The zero-order chi connectivity index (χ0) is 11.1. The van der Waals surface area contributed by atoms with Gasteiger partial charge in [0, 0.05) is 18.2 Å². The van der Waals surface area contributed by atoms with Gasteiger partial charge in [-0.15, -0.1) is 0 Å². The number of amides is 1. The van der Waals surface area contributed by atoms with Gasteiger partial charge in [0.1, 0.15) is 0 Å². The van der Waals surface area contributed by atoms with Crippen LogP contribution in [0.4, 0.5) is 5.82 Å². The highest BCUT2D eigenvalue weighted by Gasteiger charge is 2.41. The highest BCUT2D eigenvalue weighted by Crippen LogP contribution is 2.36. The van der Waals surface area contributed by atoms with Gasteiger partial charge in [-0.25, -0.2) is 4.98 Å². The lowest BCUT2D eigenvalue weighted by Crippen LogP contribution is -2.51. The van der Waals surface area contributed by atoms with E-state index in [1.807, 2.05) is 6.07 Å². The Balaban J connectivity index is 1.81. The molecule has 3 N–H and O–H groups in total. The van der Waals surface area contributed by atoms with Crippen LogP contribution in [0.2, 0.25) is 0 Å². The van der Waals surface area contributed by atoms with Crippen LogP contribution in [0, 0.1) is 5.92 Å². The number of carbonyl (C=O) groups excluding carboxylic acids is 1. The maximum atomic E-state index is 11.8. The van der Waals surface area contributed by atoms with Crippen molar-refractivity contribution in [1.29, 1.82) is 0 Å². The molecule has 1 aromatic rings. The van der Waals surface area contributed by atoms with E-state index < -0.39 is 6.10 Å². The molecule has 1 aromatic heterocycles. The number of nitrogens with zero attached hydrogens (tertiary/aromatic N) is 1. The Morgan fingerprint density at radius 2 is 2.31 bits per heavy atom. The van der Waals surface area contributed by atoms with Crippen molar-refractivity contribution in [1.82, 2.24) is 4.98 Å². The molecule has 0 saturated heterocycles. The Bertz CT molecular complexity index is 429. The van der Waals surface area contributed by atoms with Crippen molar-refractivity contribution in [2.24, 2.45) is 11.7 Å². The van der Waals surface area contributed by atoms with Crippen LogP contribution in [0.25, 0.3) is 0 Å². The van der Waals surface area contributed by atoms with Gasteiger partial charge < -0.3 is 15.8 Å². The van der Waals surface area contributed by atoms with Gasteiger partial charge in [-0.3, -0.25) is 4.79 Å². The van der Waals surface area contributed by atoms with Crippen LogP contribution in [0.3, 0.4) is 0 Å². The van der Waals surface area contributed by atoms with Gasteiger partial charge in [-0.1, -0.05) is 0 Å². The quantitative estimate of drug-likeness (QED) is 0.721. The number of hydrogen-bond donors (Lipinski definition) is 2. The third kappa shape index (κ3) is 1.44. The van der Waals surface area contributed by atoms with Crippen LogP contribution in [-0.4, -0.2) is 23.0 Å². The predicted molar refractivity (Wildman–Crippen MR) is 58.0 cm³/mol. The predicted octanol–water partition coefficient (Wildman–Crippen LogP) is 0.518. The Labute approximate surface area is 93.0 Å². The maximum Gasteiger partial charge on any atom is 0.266 e. The number of anilines is 1. The SMILES string of the molecule is NC1CC(C2Oc3cccnc3NC2=O)C1. The van der Waals surface area contributed by atoms with Crippen molar-refractivity contribution in [3.8, 4) is 5.75 Å². The fourth-order valence-electron chi connectivity index (χ4n) is 2.22. The zero-order valence-corrected chi connectivity index (χ0v) is 8.72. The lowest BCUT2D eigenvalue weighted by molar-refractivity contribution is -0.127. The summed E-state index contributed by atoms with van der Waals surface area (Å²) < 4.78 is 5.67. The summed E-state index contributed by atoms with van der Waals surface area (Å²) in [6.45, 7) is 0. The van der Waals surface area contributed by atoms with Crippen molar-refractivity contribution < 1.29 is 9.53 Å². The second kappa shape index (κ2) is 3.45. The number of aromatic nitrogens is 1. The number of rotatable bonds is 1. The topological polar surface area (TPSA) is 77.2 Å². The smallest absolute Gasteiger partial charge is 0.266 e. The van der Waals surface area contributed by atoms with E-state index in [2.05, 4.69) is 10.3 Å². The van der Waals surface area contributed by atoms with Crippen LogP contribution < -0.4 is 15.8 Å². The number of fused-ring (bicyclic) bond motifs is 1. The van der Waals surface area contributed by atoms with Crippen LogP contribution in [0.5, 0.6) is 5.75 Å². The molecule has 1 aliphatic carbocycles. The minimum Gasteiger partial charge on any atom is -0.476 e. The molecule has 2 heterocycles. The van der Waals surface area contributed by atoms with Gasteiger partial charge in [-0.2, -0.15) is 0 Å². The number of ether oxygens (including phenoxy) is 1. The first kappa shape index (κ1) is 9.59. The van der Waals surface area contributed by atoms with Gasteiger partial charge >= 0.3 is 0 Å². The minimum atomic E-state index is -0.406. The van der Waals surface area contributed by atoms with Gasteiger partial charge in [-0.05, 0) is 25.0 Å². The molecule has 1 atom stereocenters. The molecule has 1 amide bonds. The first-order valence-electron chi connectivity index (χ1n) is 5.42. The summed E-state index contributed by atoms with van der Waals surface area (Å²) in [6, 6.07) is 3.82. The van der Waals surface area contributed by atoms with E-state index in [-0.39, 0.29) is 17.9 Å². The van der Waals surface area contributed by atoms with Gasteiger partial charge in [0.15, 0.2) is 17.7 Å². The van der Waals surface area contributed by atoms with Crippen LogP contribution in [0.15, 0.2) is 18.3 Å². The minimum absolute atomic E-state index is 0.108.